The fraction of sp³-hybridized carbons (Fsp3) is 0.889. The van der Waals surface area contributed by atoms with Gasteiger partial charge in [-0.2, -0.15) is 0 Å². The molecule has 7 heteroatoms. The van der Waals surface area contributed by atoms with E-state index in [0.29, 0.717) is 25.9 Å². The van der Waals surface area contributed by atoms with Crippen LogP contribution in [0.5, 0.6) is 0 Å². The predicted octanol–water partition coefficient (Wildman–Crippen LogP) is -0.958. The van der Waals surface area contributed by atoms with Gasteiger partial charge in [0, 0.05) is 19.5 Å². The molecule has 16 heavy (non-hydrogen) atoms. The molecule has 0 radical (unpaired) electrons. The fourth-order valence-corrected chi connectivity index (χ4v) is 1.60. The number of hydrogen-bond acceptors (Lipinski definition) is 4. The van der Waals surface area contributed by atoms with Gasteiger partial charge in [-0.1, -0.05) is 0 Å². The molecule has 0 atom stereocenters. The van der Waals surface area contributed by atoms with Crippen molar-refractivity contribution < 1.29 is 13.2 Å². The first kappa shape index (κ1) is 15.3. The highest BCUT2D eigenvalue weighted by molar-refractivity contribution is 7.88. The summed E-state index contributed by atoms with van der Waals surface area (Å²) in [7, 11) is -1.27. The molecule has 0 rings (SSSR count). The van der Waals surface area contributed by atoms with Crippen molar-refractivity contribution in [1.29, 1.82) is 0 Å². The second-order valence-electron chi connectivity index (χ2n) is 3.58. The van der Waals surface area contributed by atoms with Crippen molar-refractivity contribution in [3.8, 4) is 0 Å². The van der Waals surface area contributed by atoms with Crippen LogP contribution in [0, 0.1) is 0 Å². The van der Waals surface area contributed by atoms with Crippen LogP contribution in [0.2, 0.25) is 0 Å². The van der Waals surface area contributed by atoms with Crippen molar-refractivity contribution in [2.75, 3.05) is 32.9 Å². The molecular formula is C9H21N3O3S. The summed E-state index contributed by atoms with van der Waals surface area (Å²) in [5, 5.41) is 5.69. The van der Waals surface area contributed by atoms with E-state index in [1.54, 1.807) is 0 Å². The van der Waals surface area contributed by atoms with E-state index in [9.17, 15) is 13.2 Å². The van der Waals surface area contributed by atoms with Crippen molar-refractivity contribution in [1.82, 2.24) is 15.4 Å². The lowest BCUT2D eigenvalue weighted by atomic mass is 10.3. The van der Waals surface area contributed by atoms with Gasteiger partial charge in [0.15, 0.2) is 0 Å². The van der Waals surface area contributed by atoms with Gasteiger partial charge < -0.3 is 10.6 Å². The highest BCUT2D eigenvalue weighted by Crippen LogP contribution is 1.87. The smallest absolute Gasteiger partial charge is 0.220 e. The molecule has 96 valence electrons. The van der Waals surface area contributed by atoms with E-state index in [4.69, 9.17) is 0 Å². The number of amides is 1. The van der Waals surface area contributed by atoms with Crippen molar-refractivity contribution >= 4 is 15.9 Å². The van der Waals surface area contributed by atoms with Crippen LogP contribution in [0.3, 0.4) is 0 Å². The van der Waals surface area contributed by atoms with Gasteiger partial charge in [-0.25, -0.2) is 13.1 Å². The average molecular weight is 251 g/mol. The van der Waals surface area contributed by atoms with Crippen LogP contribution in [0.15, 0.2) is 0 Å². The van der Waals surface area contributed by atoms with Gasteiger partial charge >= 0.3 is 0 Å². The fourth-order valence-electron chi connectivity index (χ4n) is 1.09. The largest absolute Gasteiger partial charge is 0.356 e. The number of carbonyl (C=O) groups excluding carboxylic acids is 1. The molecule has 0 saturated carbocycles. The van der Waals surface area contributed by atoms with Gasteiger partial charge in [0.05, 0.1) is 6.26 Å². The van der Waals surface area contributed by atoms with Crippen molar-refractivity contribution in [2.45, 2.75) is 19.3 Å². The normalized spacial score (nSPS) is 11.4. The molecule has 1 amide bonds. The Balaban J connectivity index is 3.34. The van der Waals surface area contributed by atoms with Crippen molar-refractivity contribution in [3.05, 3.63) is 0 Å². The first-order valence-electron chi connectivity index (χ1n) is 5.31. The maximum atomic E-state index is 11.2. The van der Waals surface area contributed by atoms with E-state index < -0.39 is 10.0 Å². The van der Waals surface area contributed by atoms with Crippen molar-refractivity contribution in [3.63, 3.8) is 0 Å². The molecule has 0 aromatic carbocycles. The molecule has 0 aromatic rings. The van der Waals surface area contributed by atoms with Crippen LogP contribution in [0.4, 0.5) is 0 Å². The Bertz CT molecular complexity index is 290. The molecule has 3 N–H and O–H groups in total. The summed E-state index contributed by atoms with van der Waals surface area (Å²) in [6.07, 6.45) is 3.03. The molecule has 0 fully saturated rings. The molecule has 0 bridgehead atoms. The highest BCUT2D eigenvalue weighted by Gasteiger charge is 2.01. The summed E-state index contributed by atoms with van der Waals surface area (Å²) in [4.78, 5) is 11.2. The van der Waals surface area contributed by atoms with E-state index in [1.807, 2.05) is 7.05 Å². The maximum Gasteiger partial charge on any atom is 0.220 e. The molecule has 6 nitrogen and oxygen atoms in total. The molecule has 0 aliphatic carbocycles. The zero-order valence-electron chi connectivity index (χ0n) is 9.88. The first-order valence-corrected chi connectivity index (χ1v) is 7.21. The lowest BCUT2D eigenvalue weighted by Crippen LogP contribution is -2.29. The first-order chi connectivity index (χ1) is 7.45. The number of hydrogen-bond donors (Lipinski definition) is 3. The maximum absolute atomic E-state index is 11.2. The quantitative estimate of drug-likeness (QED) is 0.461. The second-order valence-corrected chi connectivity index (χ2v) is 5.41. The minimum atomic E-state index is -3.11. The van der Waals surface area contributed by atoms with E-state index >= 15 is 0 Å². The van der Waals surface area contributed by atoms with E-state index in [0.717, 1.165) is 19.2 Å². The molecular weight excluding hydrogens is 230 g/mol. The average Bonchev–Trinajstić information content (AvgIpc) is 2.16. The Hall–Kier alpha value is -0.660. The third-order valence-electron chi connectivity index (χ3n) is 1.87. The van der Waals surface area contributed by atoms with Crippen LogP contribution in [0.1, 0.15) is 19.3 Å². The summed E-state index contributed by atoms with van der Waals surface area (Å²) in [6.45, 7) is 1.68. The molecule has 0 spiro atoms. The molecule has 0 heterocycles. The van der Waals surface area contributed by atoms with Crippen molar-refractivity contribution in [2.24, 2.45) is 0 Å². The van der Waals surface area contributed by atoms with E-state index in [2.05, 4.69) is 15.4 Å². The van der Waals surface area contributed by atoms with Gasteiger partial charge in [0.2, 0.25) is 15.9 Å². The van der Waals surface area contributed by atoms with Gasteiger partial charge in [-0.05, 0) is 26.4 Å². The summed E-state index contributed by atoms with van der Waals surface area (Å²) >= 11 is 0. The SMILES string of the molecule is CNCCCC(=O)NCCCNS(C)(=O)=O. The monoisotopic (exact) mass is 251 g/mol. The topological polar surface area (TPSA) is 87.3 Å². The van der Waals surface area contributed by atoms with Crippen LogP contribution in [-0.2, 0) is 14.8 Å². The summed E-state index contributed by atoms with van der Waals surface area (Å²) < 4.78 is 23.8. The molecule has 0 aliphatic heterocycles. The number of sulfonamides is 1. The van der Waals surface area contributed by atoms with Crippen LogP contribution in [0.25, 0.3) is 0 Å². The Morgan fingerprint density at radius 3 is 2.38 bits per heavy atom. The van der Waals surface area contributed by atoms with Crippen LogP contribution in [-0.4, -0.2) is 47.3 Å². The van der Waals surface area contributed by atoms with E-state index in [1.165, 1.54) is 0 Å². The third-order valence-corrected chi connectivity index (χ3v) is 2.60. The number of carbonyl (C=O) groups is 1. The lowest BCUT2D eigenvalue weighted by molar-refractivity contribution is -0.121. The number of rotatable bonds is 9. The van der Waals surface area contributed by atoms with Gasteiger partial charge in [0.1, 0.15) is 0 Å². The van der Waals surface area contributed by atoms with Crippen LogP contribution >= 0.6 is 0 Å². The summed E-state index contributed by atoms with van der Waals surface area (Å²) in [5.41, 5.74) is 0. The second kappa shape index (κ2) is 8.49. The third kappa shape index (κ3) is 11.4. The molecule has 0 aromatic heterocycles. The minimum Gasteiger partial charge on any atom is -0.356 e. The Morgan fingerprint density at radius 2 is 1.81 bits per heavy atom. The lowest BCUT2D eigenvalue weighted by Gasteiger charge is -2.05. The summed E-state index contributed by atoms with van der Waals surface area (Å²) in [6, 6.07) is 0. The Kier molecular flexibility index (Phi) is 8.14. The van der Waals surface area contributed by atoms with Gasteiger partial charge in [-0.15, -0.1) is 0 Å². The summed E-state index contributed by atoms with van der Waals surface area (Å²) in [5.74, 6) is 0.00889. The van der Waals surface area contributed by atoms with Gasteiger partial charge in [-0.3, -0.25) is 4.79 Å². The highest BCUT2D eigenvalue weighted by atomic mass is 32.2. The van der Waals surface area contributed by atoms with E-state index in [-0.39, 0.29) is 5.91 Å². The molecule has 0 unspecified atom stereocenters. The molecule has 0 aliphatic rings. The minimum absolute atomic E-state index is 0.00889. The molecule has 0 saturated heterocycles. The van der Waals surface area contributed by atoms with Crippen LogP contribution < -0.4 is 15.4 Å². The standard InChI is InChI=1S/C9H21N3O3S/c1-10-6-3-5-9(13)11-7-4-8-12-16(2,14)15/h10,12H,3-8H2,1-2H3,(H,11,13). The Labute approximate surface area is 97.2 Å². The zero-order chi connectivity index (χ0) is 12.4. The number of nitrogens with one attached hydrogen (secondary N) is 3. The van der Waals surface area contributed by atoms with Gasteiger partial charge in [0.25, 0.3) is 0 Å². The predicted molar refractivity (Wildman–Crippen MR) is 63.6 cm³/mol. The Morgan fingerprint density at radius 1 is 1.12 bits per heavy atom. The zero-order valence-corrected chi connectivity index (χ0v) is 10.7.